The first kappa shape index (κ1) is 13.6. The maximum absolute atomic E-state index is 13.2. The fourth-order valence-electron chi connectivity index (χ4n) is 1.85. The highest BCUT2D eigenvalue weighted by Gasteiger charge is 2.71. The fourth-order valence-corrected chi connectivity index (χ4v) is 2.66. The number of alkyl halides is 4. The average molecular weight is 303 g/mol. The summed E-state index contributed by atoms with van der Waals surface area (Å²) in [4.78, 5) is -0.382. The molecule has 1 aliphatic rings. The van der Waals surface area contributed by atoms with Crippen LogP contribution in [0.4, 0.5) is 17.6 Å². The third kappa shape index (κ3) is 1.99. The Hall–Kier alpha value is -0.820. The first-order valence-electron chi connectivity index (χ1n) is 4.86. The van der Waals surface area contributed by atoms with E-state index in [1.807, 2.05) is 0 Å². The van der Waals surface area contributed by atoms with Crippen molar-refractivity contribution in [2.24, 2.45) is 0 Å². The molecule has 1 atom stereocenters. The topological polar surface area (TPSA) is 34.1 Å². The zero-order valence-corrected chi connectivity index (χ0v) is 10.3. The minimum Gasteiger partial charge on any atom is -0.207 e. The van der Waals surface area contributed by atoms with Gasteiger partial charge in [-0.1, -0.05) is 12.1 Å². The highest BCUT2D eigenvalue weighted by molar-refractivity contribution is 8.13. The van der Waals surface area contributed by atoms with Crippen molar-refractivity contribution < 1.29 is 26.0 Å². The van der Waals surface area contributed by atoms with Crippen LogP contribution in [0, 0.1) is 0 Å². The Morgan fingerprint density at radius 3 is 2.28 bits per heavy atom. The molecular formula is C10H7ClF4O2S. The molecule has 0 aliphatic heterocycles. The second kappa shape index (κ2) is 3.84. The van der Waals surface area contributed by atoms with Crippen molar-refractivity contribution in [3.05, 3.63) is 29.8 Å². The number of halogens is 5. The molecule has 1 aromatic rings. The largest absolute Gasteiger partial charge is 0.317 e. The van der Waals surface area contributed by atoms with Gasteiger partial charge in [0.1, 0.15) is 0 Å². The number of rotatable bonds is 2. The van der Waals surface area contributed by atoms with Crippen LogP contribution in [0.3, 0.4) is 0 Å². The molecule has 1 saturated carbocycles. The van der Waals surface area contributed by atoms with Crippen molar-refractivity contribution in [1.82, 2.24) is 0 Å². The summed E-state index contributed by atoms with van der Waals surface area (Å²) in [6.07, 6.45) is -1.01. The summed E-state index contributed by atoms with van der Waals surface area (Å²) in [5.74, 6) is -9.90. The lowest BCUT2D eigenvalue weighted by atomic mass is 9.73. The lowest BCUT2D eigenvalue weighted by Gasteiger charge is -2.44. The highest BCUT2D eigenvalue weighted by atomic mass is 35.7. The van der Waals surface area contributed by atoms with Gasteiger partial charge in [-0.25, -0.2) is 8.42 Å². The average Bonchev–Trinajstić information content (AvgIpc) is 2.25. The maximum atomic E-state index is 13.2. The van der Waals surface area contributed by atoms with Crippen molar-refractivity contribution in [3.63, 3.8) is 0 Å². The van der Waals surface area contributed by atoms with E-state index in [4.69, 9.17) is 10.7 Å². The molecule has 0 spiro atoms. The van der Waals surface area contributed by atoms with E-state index in [1.54, 1.807) is 0 Å². The number of hydrogen-bond acceptors (Lipinski definition) is 2. The van der Waals surface area contributed by atoms with E-state index >= 15 is 0 Å². The molecule has 0 radical (unpaired) electrons. The Kier molecular flexibility index (Phi) is 2.90. The zero-order valence-electron chi connectivity index (χ0n) is 8.71. The van der Waals surface area contributed by atoms with Crippen molar-refractivity contribution in [3.8, 4) is 0 Å². The van der Waals surface area contributed by atoms with E-state index < -0.39 is 33.2 Å². The van der Waals surface area contributed by atoms with Crippen LogP contribution in [0.15, 0.2) is 29.2 Å². The summed E-state index contributed by atoms with van der Waals surface area (Å²) in [6, 6.07) is 4.38. The SMILES string of the molecule is O=S(=O)(Cl)c1cccc(C2CC(F)(F)C2(F)F)c1. The van der Waals surface area contributed by atoms with Crippen molar-refractivity contribution >= 4 is 19.7 Å². The third-order valence-corrected chi connectivity index (χ3v) is 4.28. The van der Waals surface area contributed by atoms with Gasteiger partial charge in [-0.3, -0.25) is 0 Å². The van der Waals surface area contributed by atoms with Crippen LogP contribution in [-0.2, 0) is 9.05 Å². The molecule has 0 aromatic heterocycles. The van der Waals surface area contributed by atoms with Gasteiger partial charge >= 0.3 is 11.8 Å². The fraction of sp³-hybridized carbons (Fsp3) is 0.400. The number of benzene rings is 1. The second-order valence-electron chi connectivity index (χ2n) is 4.09. The monoisotopic (exact) mass is 302 g/mol. The first-order chi connectivity index (χ1) is 8.06. The van der Waals surface area contributed by atoms with Gasteiger partial charge in [0.05, 0.1) is 10.8 Å². The van der Waals surface area contributed by atoms with Crippen LogP contribution in [0.5, 0.6) is 0 Å². The Morgan fingerprint density at radius 1 is 1.22 bits per heavy atom. The van der Waals surface area contributed by atoms with Gasteiger partial charge in [-0.15, -0.1) is 0 Å². The van der Waals surface area contributed by atoms with Gasteiger partial charge in [0.15, 0.2) is 0 Å². The molecule has 0 heterocycles. The predicted octanol–water partition coefficient (Wildman–Crippen LogP) is 3.37. The first-order valence-corrected chi connectivity index (χ1v) is 7.17. The van der Waals surface area contributed by atoms with E-state index in [0.29, 0.717) is 0 Å². The molecule has 8 heteroatoms. The summed E-state index contributed by atoms with van der Waals surface area (Å²) >= 11 is 0. The Morgan fingerprint density at radius 2 is 1.83 bits per heavy atom. The molecular weight excluding hydrogens is 296 g/mol. The molecule has 1 aromatic carbocycles. The Balaban J connectivity index is 2.38. The molecule has 18 heavy (non-hydrogen) atoms. The summed E-state index contributed by atoms with van der Waals surface area (Å²) in [6.45, 7) is 0. The van der Waals surface area contributed by atoms with E-state index in [-0.39, 0.29) is 10.5 Å². The van der Waals surface area contributed by atoms with Crippen LogP contribution in [-0.4, -0.2) is 20.3 Å². The van der Waals surface area contributed by atoms with Gasteiger partial charge in [0, 0.05) is 17.1 Å². The van der Waals surface area contributed by atoms with Crippen molar-refractivity contribution in [2.75, 3.05) is 0 Å². The Labute approximate surface area is 105 Å². The van der Waals surface area contributed by atoms with E-state index in [2.05, 4.69) is 0 Å². The van der Waals surface area contributed by atoms with Crippen LogP contribution in [0.25, 0.3) is 0 Å². The minimum atomic E-state index is -4.16. The molecule has 1 aliphatic carbocycles. The lowest BCUT2D eigenvalue weighted by Crippen LogP contribution is -2.57. The molecule has 1 unspecified atom stereocenters. The van der Waals surface area contributed by atoms with Gasteiger partial charge in [-0.05, 0) is 17.7 Å². The normalized spacial score (nSPS) is 25.5. The third-order valence-electron chi connectivity index (χ3n) is 2.93. The molecule has 0 saturated heterocycles. The van der Waals surface area contributed by atoms with E-state index in [1.165, 1.54) is 12.1 Å². The maximum Gasteiger partial charge on any atom is 0.317 e. The summed E-state index contributed by atoms with van der Waals surface area (Å²) in [5, 5.41) is 0. The summed E-state index contributed by atoms with van der Waals surface area (Å²) < 4.78 is 73.8. The van der Waals surface area contributed by atoms with Crippen LogP contribution >= 0.6 is 10.7 Å². The molecule has 2 nitrogen and oxygen atoms in total. The summed E-state index contributed by atoms with van der Waals surface area (Å²) in [5.41, 5.74) is -0.160. The number of hydrogen-bond donors (Lipinski definition) is 0. The van der Waals surface area contributed by atoms with E-state index in [9.17, 15) is 26.0 Å². The van der Waals surface area contributed by atoms with Crippen molar-refractivity contribution in [1.29, 1.82) is 0 Å². The highest BCUT2D eigenvalue weighted by Crippen LogP contribution is 2.59. The smallest absolute Gasteiger partial charge is 0.207 e. The van der Waals surface area contributed by atoms with Gasteiger partial charge in [-0.2, -0.15) is 17.6 Å². The van der Waals surface area contributed by atoms with Gasteiger partial charge < -0.3 is 0 Å². The predicted molar refractivity (Wildman–Crippen MR) is 56.7 cm³/mol. The summed E-state index contributed by atoms with van der Waals surface area (Å²) in [7, 11) is 0.991. The molecule has 0 N–H and O–H groups in total. The van der Waals surface area contributed by atoms with Crippen LogP contribution < -0.4 is 0 Å². The molecule has 1 fully saturated rings. The molecule has 2 rings (SSSR count). The van der Waals surface area contributed by atoms with E-state index in [0.717, 1.165) is 12.1 Å². The minimum absolute atomic E-state index is 0.160. The van der Waals surface area contributed by atoms with Crippen LogP contribution in [0.2, 0.25) is 0 Å². The molecule has 0 amide bonds. The van der Waals surface area contributed by atoms with Gasteiger partial charge in [0.2, 0.25) is 0 Å². The quantitative estimate of drug-likeness (QED) is 0.620. The van der Waals surface area contributed by atoms with Crippen LogP contribution in [0.1, 0.15) is 17.9 Å². The standard InChI is InChI=1S/C10H7ClF4O2S/c11-18(16,17)7-3-1-2-6(4-7)8-5-9(12,13)10(8,14)15/h1-4,8H,5H2. The Bertz CT molecular complexity index is 585. The lowest BCUT2D eigenvalue weighted by molar-refractivity contribution is -0.290. The zero-order chi connectivity index (χ0) is 13.8. The van der Waals surface area contributed by atoms with Crippen molar-refractivity contribution in [2.45, 2.75) is 29.1 Å². The second-order valence-corrected chi connectivity index (χ2v) is 6.66. The van der Waals surface area contributed by atoms with Gasteiger partial charge in [0.25, 0.3) is 9.05 Å². The molecule has 0 bridgehead atoms. The molecule has 100 valence electrons.